The van der Waals surface area contributed by atoms with Crippen molar-refractivity contribution >= 4 is 29.0 Å². The number of hydrogen-bond donors (Lipinski definition) is 0. The average molecular weight is 441 g/mol. The van der Waals surface area contributed by atoms with Gasteiger partial charge in [0.1, 0.15) is 5.75 Å². The van der Waals surface area contributed by atoms with Crippen LogP contribution in [-0.2, 0) is 6.54 Å². The number of ketones is 1. The van der Waals surface area contributed by atoms with E-state index >= 15 is 0 Å². The lowest BCUT2D eigenvalue weighted by atomic mass is 10.1. The van der Waals surface area contributed by atoms with Gasteiger partial charge in [0.05, 0.1) is 0 Å². The minimum atomic E-state index is -2.88. The van der Waals surface area contributed by atoms with E-state index in [1.54, 1.807) is 12.3 Å². The molecule has 3 rings (SSSR count). The summed E-state index contributed by atoms with van der Waals surface area (Å²) in [4.78, 5) is 16.6. The molecule has 2 aromatic carbocycles. The maximum absolute atomic E-state index is 12.3. The van der Waals surface area contributed by atoms with Crippen molar-refractivity contribution in [3.63, 3.8) is 0 Å². The predicted octanol–water partition coefficient (Wildman–Crippen LogP) is 5.11. The predicted molar refractivity (Wildman–Crippen MR) is 110 cm³/mol. The SMILES string of the molecule is O=C(C=CN1CCN(Cc2ccc(Cl)cc2Cl)CC1)c1ccc(OC(F)F)cc1. The number of halogens is 4. The van der Waals surface area contributed by atoms with Gasteiger partial charge < -0.3 is 9.64 Å². The van der Waals surface area contributed by atoms with Gasteiger partial charge >= 0.3 is 6.61 Å². The molecule has 0 N–H and O–H groups in total. The van der Waals surface area contributed by atoms with E-state index < -0.39 is 6.61 Å². The molecule has 4 nitrogen and oxygen atoms in total. The molecular weight excluding hydrogens is 421 g/mol. The van der Waals surface area contributed by atoms with E-state index in [1.807, 2.05) is 12.1 Å². The first kappa shape index (κ1) is 21.6. The minimum Gasteiger partial charge on any atom is -0.435 e. The first-order chi connectivity index (χ1) is 13.9. The standard InChI is InChI=1S/C21H20Cl2F2N2O2/c22-17-4-1-16(19(23)13-17)14-27-11-9-26(10-12-27)8-7-20(28)15-2-5-18(6-3-15)29-21(24)25/h1-8,13,21H,9-12,14H2. The van der Waals surface area contributed by atoms with Crippen LogP contribution in [0.3, 0.4) is 0 Å². The van der Waals surface area contributed by atoms with Gasteiger partial charge in [-0.05, 0) is 42.0 Å². The van der Waals surface area contributed by atoms with Crippen LogP contribution < -0.4 is 4.74 Å². The molecule has 1 aliphatic heterocycles. The molecule has 0 saturated carbocycles. The molecule has 29 heavy (non-hydrogen) atoms. The van der Waals surface area contributed by atoms with Crippen LogP contribution in [0.15, 0.2) is 54.7 Å². The van der Waals surface area contributed by atoms with Gasteiger partial charge in [0.2, 0.25) is 0 Å². The number of piperazine rings is 1. The number of carbonyl (C=O) groups excluding carboxylic acids is 1. The third kappa shape index (κ3) is 6.42. The summed E-state index contributed by atoms with van der Waals surface area (Å²) in [5.41, 5.74) is 1.45. The highest BCUT2D eigenvalue weighted by Gasteiger charge is 2.16. The Morgan fingerprint density at radius 3 is 2.38 bits per heavy atom. The second-order valence-corrected chi connectivity index (χ2v) is 7.47. The summed E-state index contributed by atoms with van der Waals surface area (Å²) in [6, 6.07) is 11.2. The normalized spacial score (nSPS) is 15.3. The Hall–Kier alpha value is -2.15. The Morgan fingerprint density at radius 1 is 1.07 bits per heavy atom. The summed E-state index contributed by atoms with van der Waals surface area (Å²) in [5.74, 6) is -0.165. The molecule has 1 saturated heterocycles. The highest BCUT2D eigenvalue weighted by Crippen LogP contribution is 2.23. The molecule has 0 aliphatic carbocycles. The van der Waals surface area contributed by atoms with Crippen molar-refractivity contribution in [3.05, 3.63) is 75.9 Å². The van der Waals surface area contributed by atoms with Gasteiger partial charge in [-0.3, -0.25) is 9.69 Å². The van der Waals surface area contributed by atoms with Crippen molar-refractivity contribution in [2.24, 2.45) is 0 Å². The zero-order valence-corrected chi connectivity index (χ0v) is 17.0. The van der Waals surface area contributed by atoms with Gasteiger partial charge in [0.25, 0.3) is 0 Å². The third-order valence-electron chi connectivity index (χ3n) is 4.62. The monoisotopic (exact) mass is 440 g/mol. The van der Waals surface area contributed by atoms with Gasteiger partial charge in [0.15, 0.2) is 5.78 Å². The largest absolute Gasteiger partial charge is 0.435 e. The summed E-state index contributed by atoms with van der Waals surface area (Å²) < 4.78 is 28.6. The average Bonchev–Trinajstić information content (AvgIpc) is 2.69. The highest BCUT2D eigenvalue weighted by atomic mass is 35.5. The van der Waals surface area contributed by atoms with E-state index in [4.69, 9.17) is 23.2 Å². The minimum absolute atomic E-state index is 0.0254. The molecule has 0 aromatic heterocycles. The van der Waals surface area contributed by atoms with Gasteiger partial charge in [-0.1, -0.05) is 29.3 Å². The number of ether oxygens (including phenoxy) is 1. The van der Waals surface area contributed by atoms with Gasteiger partial charge in [-0.15, -0.1) is 0 Å². The zero-order valence-electron chi connectivity index (χ0n) is 15.5. The molecule has 1 heterocycles. The van der Waals surface area contributed by atoms with Crippen LogP contribution in [0.4, 0.5) is 8.78 Å². The smallest absolute Gasteiger partial charge is 0.387 e. The van der Waals surface area contributed by atoms with Crippen molar-refractivity contribution in [2.45, 2.75) is 13.2 Å². The fraction of sp³-hybridized carbons (Fsp3) is 0.286. The first-order valence-corrected chi connectivity index (χ1v) is 9.84. The number of benzene rings is 2. The lowest BCUT2D eigenvalue weighted by Crippen LogP contribution is -2.43. The van der Waals surface area contributed by atoms with Gasteiger partial charge in [-0.25, -0.2) is 0 Å². The molecule has 0 bridgehead atoms. The first-order valence-electron chi connectivity index (χ1n) is 9.08. The lowest BCUT2D eigenvalue weighted by molar-refractivity contribution is -0.0498. The lowest BCUT2D eigenvalue weighted by Gasteiger charge is -2.34. The van der Waals surface area contributed by atoms with Crippen molar-refractivity contribution in [3.8, 4) is 5.75 Å². The van der Waals surface area contributed by atoms with E-state index in [-0.39, 0.29) is 11.5 Å². The summed E-state index contributed by atoms with van der Waals surface area (Å²) in [6.45, 7) is 1.13. The van der Waals surface area contributed by atoms with Gasteiger partial charge in [-0.2, -0.15) is 8.78 Å². The van der Waals surface area contributed by atoms with E-state index in [2.05, 4.69) is 14.5 Å². The number of alkyl halides is 2. The molecule has 154 valence electrons. The van der Waals surface area contributed by atoms with Crippen LogP contribution in [0.5, 0.6) is 5.75 Å². The molecule has 8 heteroatoms. The van der Waals surface area contributed by atoms with Crippen molar-refractivity contribution in [2.75, 3.05) is 26.2 Å². The third-order valence-corrected chi connectivity index (χ3v) is 5.20. The highest BCUT2D eigenvalue weighted by molar-refractivity contribution is 6.35. The van der Waals surface area contributed by atoms with Crippen molar-refractivity contribution in [1.82, 2.24) is 9.80 Å². The fourth-order valence-electron chi connectivity index (χ4n) is 3.03. The van der Waals surface area contributed by atoms with Crippen LogP contribution in [0.1, 0.15) is 15.9 Å². The molecule has 0 radical (unpaired) electrons. The van der Waals surface area contributed by atoms with E-state index in [9.17, 15) is 13.6 Å². The zero-order chi connectivity index (χ0) is 20.8. The maximum Gasteiger partial charge on any atom is 0.387 e. The summed E-state index contributed by atoms with van der Waals surface area (Å²) in [6.07, 6.45) is 3.27. The number of allylic oxidation sites excluding steroid dienone is 1. The Bertz CT molecular complexity index is 867. The van der Waals surface area contributed by atoms with Gasteiger partial charge in [0, 0.05) is 60.6 Å². The quantitative estimate of drug-likeness (QED) is 0.442. The van der Waals surface area contributed by atoms with Crippen LogP contribution in [0, 0.1) is 0 Å². The molecule has 0 atom stereocenters. The molecule has 1 aliphatic rings. The Morgan fingerprint density at radius 2 is 1.76 bits per heavy atom. The molecule has 0 amide bonds. The van der Waals surface area contributed by atoms with E-state index in [0.717, 1.165) is 38.3 Å². The van der Waals surface area contributed by atoms with Crippen molar-refractivity contribution < 1.29 is 18.3 Å². The van der Waals surface area contributed by atoms with Crippen LogP contribution in [0.2, 0.25) is 10.0 Å². The summed E-state index contributed by atoms with van der Waals surface area (Å²) >= 11 is 12.2. The van der Waals surface area contributed by atoms with Crippen LogP contribution in [-0.4, -0.2) is 48.4 Å². The molecule has 1 fully saturated rings. The number of carbonyl (C=O) groups is 1. The topological polar surface area (TPSA) is 32.8 Å². The summed E-state index contributed by atoms with van der Waals surface area (Å²) in [7, 11) is 0. The number of hydrogen-bond acceptors (Lipinski definition) is 4. The number of nitrogens with zero attached hydrogens (tertiary/aromatic N) is 2. The molecule has 0 unspecified atom stereocenters. The molecular formula is C21H20Cl2F2N2O2. The number of rotatable bonds is 7. The molecule has 2 aromatic rings. The molecule has 0 spiro atoms. The Kier molecular flexibility index (Phi) is 7.47. The Balaban J connectivity index is 1.48. The van der Waals surface area contributed by atoms with E-state index in [1.165, 1.54) is 30.3 Å². The van der Waals surface area contributed by atoms with Crippen LogP contribution >= 0.6 is 23.2 Å². The second kappa shape index (κ2) is 10.1. The van der Waals surface area contributed by atoms with Crippen molar-refractivity contribution in [1.29, 1.82) is 0 Å². The summed E-state index contributed by atoms with van der Waals surface area (Å²) in [5, 5.41) is 1.28. The Labute approximate surface area is 178 Å². The maximum atomic E-state index is 12.3. The van der Waals surface area contributed by atoms with Crippen LogP contribution in [0.25, 0.3) is 0 Å². The van der Waals surface area contributed by atoms with E-state index in [0.29, 0.717) is 15.6 Å². The second-order valence-electron chi connectivity index (χ2n) is 6.63. The fourth-order valence-corrected chi connectivity index (χ4v) is 3.50.